The zero-order valence-electron chi connectivity index (χ0n) is 16.2. The van der Waals surface area contributed by atoms with Crippen LogP contribution in [0, 0.1) is 12.7 Å². The molecule has 0 saturated heterocycles. The average Bonchev–Trinajstić information content (AvgIpc) is 3.16. The summed E-state index contributed by atoms with van der Waals surface area (Å²) in [6.45, 7) is 1.86. The van der Waals surface area contributed by atoms with Crippen LogP contribution in [0.5, 0.6) is 0 Å². The van der Waals surface area contributed by atoms with Gasteiger partial charge >= 0.3 is 5.97 Å². The molecular weight excluding hydrogens is 385 g/mol. The fraction of sp³-hybridized carbons (Fsp3) is 0.130. The number of pyridine rings is 1. The Hall–Kier alpha value is -3.87. The van der Waals surface area contributed by atoms with E-state index in [1.807, 2.05) is 31.2 Å². The molecule has 0 bridgehead atoms. The number of carbonyl (C=O) groups excluding carboxylic acids is 1. The molecule has 0 radical (unpaired) electrons. The predicted octanol–water partition coefficient (Wildman–Crippen LogP) is 3.90. The number of ketones is 1. The van der Waals surface area contributed by atoms with Crippen molar-refractivity contribution in [3.8, 4) is 11.1 Å². The fourth-order valence-corrected chi connectivity index (χ4v) is 3.47. The van der Waals surface area contributed by atoms with E-state index in [1.165, 1.54) is 10.6 Å². The molecule has 150 valence electrons. The van der Waals surface area contributed by atoms with Gasteiger partial charge in [-0.1, -0.05) is 53.2 Å². The number of hydrogen-bond donors (Lipinski definition) is 1. The van der Waals surface area contributed by atoms with Gasteiger partial charge in [-0.05, 0) is 35.7 Å². The molecule has 6 nitrogen and oxygen atoms in total. The van der Waals surface area contributed by atoms with Crippen LogP contribution in [0.2, 0.25) is 0 Å². The lowest BCUT2D eigenvalue weighted by atomic mass is 9.98. The lowest BCUT2D eigenvalue weighted by Gasteiger charge is -2.07. The van der Waals surface area contributed by atoms with Crippen molar-refractivity contribution in [3.05, 3.63) is 89.0 Å². The Balaban J connectivity index is 1.56. The quantitative estimate of drug-likeness (QED) is 0.528. The molecular formula is C23H18FN3O3. The highest BCUT2D eigenvalue weighted by atomic mass is 19.1. The van der Waals surface area contributed by atoms with Crippen LogP contribution in [0.3, 0.4) is 0 Å². The highest BCUT2D eigenvalue weighted by Crippen LogP contribution is 2.26. The van der Waals surface area contributed by atoms with Crippen LogP contribution in [0.4, 0.5) is 4.39 Å². The Morgan fingerprint density at radius 1 is 1.07 bits per heavy atom. The molecule has 0 unspecified atom stereocenters. The first kappa shape index (κ1) is 19.4. The van der Waals surface area contributed by atoms with Crippen molar-refractivity contribution in [2.45, 2.75) is 19.8 Å². The highest BCUT2D eigenvalue weighted by molar-refractivity contribution is 5.98. The van der Waals surface area contributed by atoms with Crippen molar-refractivity contribution in [3.63, 3.8) is 0 Å². The minimum Gasteiger partial charge on any atom is -0.476 e. The summed E-state index contributed by atoms with van der Waals surface area (Å²) in [5.41, 5.74) is 3.86. The van der Waals surface area contributed by atoms with Crippen LogP contribution >= 0.6 is 0 Å². The first-order chi connectivity index (χ1) is 14.4. The van der Waals surface area contributed by atoms with E-state index in [0.717, 1.165) is 16.7 Å². The zero-order chi connectivity index (χ0) is 21.3. The summed E-state index contributed by atoms with van der Waals surface area (Å²) in [5, 5.41) is 16.9. The summed E-state index contributed by atoms with van der Waals surface area (Å²) in [5.74, 6) is -1.61. The number of aromatic nitrogens is 3. The van der Waals surface area contributed by atoms with Gasteiger partial charge in [0.1, 0.15) is 17.1 Å². The molecule has 0 spiro atoms. The van der Waals surface area contributed by atoms with Gasteiger partial charge in [-0.15, -0.1) is 5.10 Å². The van der Waals surface area contributed by atoms with Crippen LogP contribution < -0.4 is 0 Å². The molecule has 2 aromatic carbocycles. The van der Waals surface area contributed by atoms with Crippen LogP contribution in [-0.2, 0) is 17.6 Å². The van der Waals surface area contributed by atoms with E-state index in [-0.39, 0.29) is 30.1 Å². The summed E-state index contributed by atoms with van der Waals surface area (Å²) in [7, 11) is 0. The molecule has 4 rings (SSSR count). The van der Waals surface area contributed by atoms with Crippen LogP contribution in [0.15, 0.2) is 60.8 Å². The standard InChI is InChI=1S/C23H18FN3O3/c1-14-4-9-20(24)17(11-14)13-18(28)12-15-5-7-16(8-6-15)19-3-2-10-27-22(19)21(23(29)30)25-26-27/h2-11H,12-13H2,1H3,(H,29,30). The normalized spacial score (nSPS) is 11.0. The SMILES string of the molecule is Cc1ccc(F)c(CC(=O)Cc2ccc(-c3cccn4nnc(C(=O)O)c34)cc2)c1. The number of benzene rings is 2. The molecule has 1 N–H and O–H groups in total. The second kappa shape index (κ2) is 7.87. The first-order valence-electron chi connectivity index (χ1n) is 9.36. The Bertz CT molecular complexity index is 1260. The van der Waals surface area contributed by atoms with Crippen molar-refractivity contribution in [1.82, 2.24) is 14.8 Å². The second-order valence-electron chi connectivity index (χ2n) is 7.14. The molecule has 0 aliphatic heterocycles. The fourth-order valence-electron chi connectivity index (χ4n) is 3.47. The van der Waals surface area contributed by atoms with E-state index in [0.29, 0.717) is 16.6 Å². The molecule has 0 fully saturated rings. The lowest BCUT2D eigenvalue weighted by molar-refractivity contribution is -0.117. The molecule has 30 heavy (non-hydrogen) atoms. The van der Waals surface area contributed by atoms with Crippen molar-refractivity contribution in [2.24, 2.45) is 0 Å². The second-order valence-corrected chi connectivity index (χ2v) is 7.14. The Labute approximate surface area is 171 Å². The number of aromatic carboxylic acids is 1. The minimum absolute atomic E-state index is 0.0397. The summed E-state index contributed by atoms with van der Waals surface area (Å²) >= 11 is 0. The number of Topliss-reactive ketones (excluding diaryl/α,β-unsaturated/α-hetero) is 1. The molecule has 7 heteroatoms. The summed E-state index contributed by atoms with van der Waals surface area (Å²) in [4.78, 5) is 23.9. The number of carbonyl (C=O) groups is 2. The Morgan fingerprint density at radius 3 is 2.57 bits per heavy atom. The molecule has 2 heterocycles. The topological polar surface area (TPSA) is 84.6 Å². The minimum atomic E-state index is -1.15. The van der Waals surface area contributed by atoms with Crippen molar-refractivity contribution in [1.29, 1.82) is 0 Å². The first-order valence-corrected chi connectivity index (χ1v) is 9.36. The maximum atomic E-state index is 13.9. The molecule has 0 aliphatic rings. The monoisotopic (exact) mass is 403 g/mol. The van der Waals surface area contributed by atoms with Crippen LogP contribution in [-0.4, -0.2) is 31.7 Å². The largest absolute Gasteiger partial charge is 0.476 e. The summed E-state index contributed by atoms with van der Waals surface area (Å²) in [6.07, 6.45) is 1.86. The number of rotatable bonds is 6. The zero-order valence-corrected chi connectivity index (χ0v) is 16.2. The van der Waals surface area contributed by atoms with E-state index in [4.69, 9.17) is 0 Å². The smallest absolute Gasteiger partial charge is 0.358 e. The van der Waals surface area contributed by atoms with Crippen molar-refractivity contribution < 1.29 is 19.1 Å². The van der Waals surface area contributed by atoms with Gasteiger partial charge in [0.25, 0.3) is 0 Å². The molecule has 0 amide bonds. The van der Waals surface area contributed by atoms with E-state index in [9.17, 15) is 19.1 Å². The van der Waals surface area contributed by atoms with E-state index >= 15 is 0 Å². The third-order valence-electron chi connectivity index (χ3n) is 4.90. The van der Waals surface area contributed by atoms with Crippen LogP contribution in [0.25, 0.3) is 16.6 Å². The number of fused-ring (bicyclic) bond motifs is 1. The van der Waals surface area contributed by atoms with Gasteiger partial charge in [0.2, 0.25) is 0 Å². The van der Waals surface area contributed by atoms with Gasteiger partial charge in [0.05, 0.1) is 0 Å². The summed E-state index contributed by atoms with van der Waals surface area (Å²) < 4.78 is 15.3. The van der Waals surface area contributed by atoms with Gasteiger partial charge in [-0.25, -0.2) is 13.7 Å². The van der Waals surface area contributed by atoms with E-state index < -0.39 is 5.97 Å². The number of halogens is 1. The molecule has 2 aromatic heterocycles. The third-order valence-corrected chi connectivity index (χ3v) is 4.90. The van der Waals surface area contributed by atoms with Gasteiger partial charge in [-0.2, -0.15) is 0 Å². The lowest BCUT2D eigenvalue weighted by Crippen LogP contribution is -2.08. The van der Waals surface area contributed by atoms with E-state index in [2.05, 4.69) is 10.3 Å². The molecule has 0 aliphatic carbocycles. The number of nitrogens with zero attached hydrogens (tertiary/aromatic N) is 3. The van der Waals surface area contributed by atoms with Crippen LogP contribution in [0.1, 0.15) is 27.2 Å². The number of carboxylic acids is 1. The van der Waals surface area contributed by atoms with E-state index in [1.54, 1.807) is 30.5 Å². The number of aryl methyl sites for hydroxylation is 1. The number of hydrogen-bond acceptors (Lipinski definition) is 4. The molecule has 4 aromatic rings. The predicted molar refractivity (Wildman–Crippen MR) is 109 cm³/mol. The molecule has 0 atom stereocenters. The van der Waals surface area contributed by atoms with Gasteiger partial charge in [0.15, 0.2) is 5.69 Å². The van der Waals surface area contributed by atoms with Gasteiger partial charge in [0, 0.05) is 24.6 Å². The number of carboxylic acid groups (broad SMARTS) is 1. The maximum Gasteiger partial charge on any atom is 0.358 e. The third kappa shape index (κ3) is 3.82. The van der Waals surface area contributed by atoms with Crippen molar-refractivity contribution in [2.75, 3.05) is 0 Å². The van der Waals surface area contributed by atoms with Gasteiger partial charge in [-0.3, -0.25) is 4.79 Å². The maximum absolute atomic E-state index is 13.9. The Morgan fingerprint density at radius 2 is 1.83 bits per heavy atom. The average molecular weight is 403 g/mol. The molecule has 0 saturated carbocycles. The van der Waals surface area contributed by atoms with Gasteiger partial charge < -0.3 is 5.11 Å². The highest BCUT2D eigenvalue weighted by Gasteiger charge is 2.18. The Kier molecular flexibility index (Phi) is 5.10. The van der Waals surface area contributed by atoms with Crippen molar-refractivity contribution >= 4 is 17.3 Å². The summed E-state index contributed by atoms with van der Waals surface area (Å²) in [6, 6.07) is 15.6.